The van der Waals surface area contributed by atoms with Crippen LogP contribution >= 0.6 is 0 Å². The minimum absolute atomic E-state index is 0.432. The Balaban J connectivity index is 1.50. The van der Waals surface area contributed by atoms with Crippen LogP contribution in [0.1, 0.15) is 5.82 Å². The summed E-state index contributed by atoms with van der Waals surface area (Å²) in [6.07, 6.45) is 0. The van der Waals surface area contributed by atoms with Crippen LogP contribution in [0.4, 0.5) is 11.4 Å². The third-order valence-corrected chi connectivity index (χ3v) is 4.78. The Bertz CT molecular complexity index is 867. The lowest BCUT2D eigenvalue weighted by molar-refractivity contribution is 0.413. The second kappa shape index (κ2) is 6.64. The van der Waals surface area contributed by atoms with Gasteiger partial charge in [-0.05, 0) is 30.3 Å². The molecule has 1 aromatic heterocycles. The van der Waals surface area contributed by atoms with E-state index in [1.54, 1.807) is 7.11 Å². The predicted octanol–water partition coefficient (Wildman–Crippen LogP) is 2.36. The fraction of sp³-hybridized carbons (Fsp3) is 0.316. The van der Waals surface area contributed by atoms with Crippen molar-refractivity contribution in [1.82, 2.24) is 9.97 Å². The third kappa shape index (κ3) is 3.00. The molecule has 0 atom stereocenters. The monoisotopic (exact) mass is 337 g/mol. The number of H-pyrrole nitrogens is 1. The van der Waals surface area contributed by atoms with Gasteiger partial charge in [0.05, 0.1) is 30.4 Å². The molecule has 130 valence electrons. The van der Waals surface area contributed by atoms with Crippen LogP contribution in [0.15, 0.2) is 42.5 Å². The smallest absolute Gasteiger partial charge is 0.142 e. The molecule has 2 heterocycles. The molecule has 4 rings (SSSR count). The normalized spacial score (nSPS) is 15.0. The molecule has 0 amide bonds. The topological polar surface area (TPSA) is 70.4 Å². The average molecular weight is 337 g/mol. The number of para-hydroxylation sites is 2. The van der Waals surface area contributed by atoms with Crippen molar-refractivity contribution in [3.05, 3.63) is 48.3 Å². The Labute approximate surface area is 147 Å². The number of hydrogen-bond acceptors (Lipinski definition) is 5. The first-order valence-electron chi connectivity index (χ1n) is 8.60. The van der Waals surface area contributed by atoms with Gasteiger partial charge in [-0.2, -0.15) is 0 Å². The van der Waals surface area contributed by atoms with Gasteiger partial charge in [0.25, 0.3) is 0 Å². The van der Waals surface area contributed by atoms with Crippen LogP contribution in [0.25, 0.3) is 11.0 Å². The van der Waals surface area contributed by atoms with Crippen molar-refractivity contribution < 1.29 is 4.74 Å². The second-order valence-electron chi connectivity index (χ2n) is 6.24. The van der Waals surface area contributed by atoms with Crippen molar-refractivity contribution in [3.63, 3.8) is 0 Å². The molecule has 1 fully saturated rings. The quantitative estimate of drug-likeness (QED) is 0.765. The van der Waals surface area contributed by atoms with E-state index in [9.17, 15) is 0 Å². The minimum Gasteiger partial charge on any atom is -0.495 e. The summed E-state index contributed by atoms with van der Waals surface area (Å²) in [7, 11) is 1.73. The number of anilines is 2. The first-order valence-corrected chi connectivity index (χ1v) is 8.60. The largest absolute Gasteiger partial charge is 0.495 e. The number of nitrogens with one attached hydrogen (secondary N) is 1. The molecule has 25 heavy (non-hydrogen) atoms. The lowest BCUT2D eigenvalue weighted by Crippen LogP contribution is -2.46. The molecule has 0 radical (unpaired) electrons. The Morgan fingerprint density at radius 1 is 1.08 bits per heavy atom. The summed E-state index contributed by atoms with van der Waals surface area (Å²) in [5, 5.41) is 0. The molecule has 1 saturated heterocycles. The average Bonchev–Trinajstić information content (AvgIpc) is 3.10. The van der Waals surface area contributed by atoms with E-state index >= 15 is 0 Å². The van der Waals surface area contributed by atoms with Gasteiger partial charge in [0.1, 0.15) is 11.6 Å². The van der Waals surface area contributed by atoms with Gasteiger partial charge in [-0.1, -0.05) is 12.1 Å². The molecule has 6 heteroatoms. The number of rotatable bonds is 4. The predicted molar refractivity (Wildman–Crippen MR) is 101 cm³/mol. The van der Waals surface area contributed by atoms with E-state index < -0.39 is 0 Å². The summed E-state index contributed by atoms with van der Waals surface area (Å²) in [4.78, 5) is 12.5. The van der Waals surface area contributed by atoms with Gasteiger partial charge >= 0.3 is 0 Å². The zero-order chi connectivity index (χ0) is 17.2. The van der Waals surface area contributed by atoms with E-state index in [2.05, 4.69) is 50.1 Å². The van der Waals surface area contributed by atoms with Crippen molar-refractivity contribution in [2.45, 2.75) is 6.54 Å². The molecule has 0 aliphatic carbocycles. The van der Waals surface area contributed by atoms with Crippen LogP contribution < -0.4 is 20.3 Å². The van der Waals surface area contributed by atoms with E-state index in [1.165, 1.54) is 11.4 Å². The summed E-state index contributed by atoms with van der Waals surface area (Å²) in [5.74, 6) is 1.76. The molecule has 0 spiro atoms. The first kappa shape index (κ1) is 15.8. The number of piperazine rings is 1. The number of nitrogens with two attached hydrogens (primary N) is 1. The highest BCUT2D eigenvalue weighted by atomic mass is 16.5. The number of benzene rings is 2. The lowest BCUT2D eigenvalue weighted by atomic mass is 10.2. The number of nitrogens with zero attached hydrogens (tertiary/aromatic N) is 3. The van der Waals surface area contributed by atoms with E-state index in [4.69, 9.17) is 10.5 Å². The SMILES string of the molecule is COc1ccccc1N1CCN(c2ccc3nc(CN)[nH]c3c2)CC1. The summed E-state index contributed by atoms with van der Waals surface area (Å²) in [6.45, 7) is 4.31. The maximum Gasteiger partial charge on any atom is 0.142 e. The van der Waals surface area contributed by atoms with Crippen LogP contribution in [-0.4, -0.2) is 43.3 Å². The molecule has 2 aromatic carbocycles. The Morgan fingerprint density at radius 2 is 1.84 bits per heavy atom. The number of ether oxygens (including phenoxy) is 1. The van der Waals surface area contributed by atoms with Crippen molar-refractivity contribution in [2.75, 3.05) is 43.1 Å². The van der Waals surface area contributed by atoms with E-state index in [0.717, 1.165) is 48.8 Å². The number of imidazole rings is 1. The van der Waals surface area contributed by atoms with Crippen molar-refractivity contribution in [2.24, 2.45) is 5.73 Å². The van der Waals surface area contributed by atoms with Gasteiger partial charge in [-0.3, -0.25) is 0 Å². The van der Waals surface area contributed by atoms with Gasteiger partial charge in [0.2, 0.25) is 0 Å². The van der Waals surface area contributed by atoms with Crippen molar-refractivity contribution >= 4 is 22.4 Å². The number of hydrogen-bond donors (Lipinski definition) is 2. The second-order valence-corrected chi connectivity index (χ2v) is 6.24. The van der Waals surface area contributed by atoms with Crippen molar-refractivity contribution in [3.8, 4) is 5.75 Å². The minimum atomic E-state index is 0.432. The number of fused-ring (bicyclic) bond motifs is 1. The summed E-state index contributed by atoms with van der Waals surface area (Å²) in [5.41, 5.74) is 10.1. The van der Waals surface area contributed by atoms with E-state index in [-0.39, 0.29) is 0 Å². The van der Waals surface area contributed by atoms with Gasteiger partial charge in [-0.25, -0.2) is 4.98 Å². The van der Waals surface area contributed by atoms with Gasteiger partial charge in [0.15, 0.2) is 0 Å². The summed E-state index contributed by atoms with van der Waals surface area (Å²) < 4.78 is 5.49. The fourth-order valence-corrected chi connectivity index (χ4v) is 3.44. The molecular weight excluding hydrogens is 314 g/mol. The van der Waals surface area contributed by atoms with Crippen LogP contribution in [0.2, 0.25) is 0 Å². The number of aromatic nitrogens is 2. The standard InChI is InChI=1S/C19H23N5O/c1-25-18-5-3-2-4-17(18)24-10-8-23(9-11-24)14-6-7-15-16(12-14)22-19(13-20)21-15/h2-7,12H,8-11,13,20H2,1H3,(H,21,22). The molecule has 0 saturated carbocycles. The summed E-state index contributed by atoms with van der Waals surface area (Å²) >= 11 is 0. The first-order chi connectivity index (χ1) is 12.3. The van der Waals surface area contributed by atoms with E-state index in [0.29, 0.717) is 6.54 Å². The van der Waals surface area contributed by atoms with E-state index in [1.807, 2.05) is 12.1 Å². The molecule has 6 nitrogen and oxygen atoms in total. The van der Waals surface area contributed by atoms with Gasteiger partial charge in [-0.15, -0.1) is 0 Å². The Morgan fingerprint density at radius 3 is 2.60 bits per heavy atom. The van der Waals surface area contributed by atoms with Gasteiger partial charge in [0, 0.05) is 31.9 Å². The van der Waals surface area contributed by atoms with Crippen LogP contribution in [0.5, 0.6) is 5.75 Å². The molecule has 1 aliphatic heterocycles. The fourth-order valence-electron chi connectivity index (χ4n) is 3.44. The highest BCUT2D eigenvalue weighted by Crippen LogP contribution is 2.29. The molecule has 1 aliphatic rings. The molecule has 0 unspecified atom stereocenters. The van der Waals surface area contributed by atoms with Crippen LogP contribution in [0, 0.1) is 0 Å². The lowest BCUT2D eigenvalue weighted by Gasteiger charge is -2.37. The zero-order valence-electron chi connectivity index (χ0n) is 14.4. The van der Waals surface area contributed by atoms with Gasteiger partial charge < -0.3 is 25.3 Å². The maximum atomic E-state index is 5.67. The number of methoxy groups -OCH3 is 1. The molecule has 3 N–H and O–H groups in total. The zero-order valence-corrected chi connectivity index (χ0v) is 14.4. The molecule has 0 bridgehead atoms. The molecule has 3 aromatic rings. The highest BCUT2D eigenvalue weighted by molar-refractivity contribution is 5.79. The Hall–Kier alpha value is -2.73. The van der Waals surface area contributed by atoms with Crippen LogP contribution in [0.3, 0.4) is 0 Å². The van der Waals surface area contributed by atoms with Crippen molar-refractivity contribution in [1.29, 1.82) is 0 Å². The highest BCUT2D eigenvalue weighted by Gasteiger charge is 2.20. The molecular formula is C19H23N5O. The summed E-state index contributed by atoms with van der Waals surface area (Å²) in [6, 6.07) is 14.6. The third-order valence-electron chi connectivity index (χ3n) is 4.78. The van der Waals surface area contributed by atoms with Crippen LogP contribution in [-0.2, 0) is 6.54 Å². The number of aromatic amines is 1. The Kier molecular flexibility index (Phi) is 4.19. The maximum absolute atomic E-state index is 5.67.